The zero-order valence-electron chi connectivity index (χ0n) is 9.34. The molecule has 1 aromatic carbocycles. The molecule has 4 heteroatoms. The highest BCUT2D eigenvalue weighted by Gasteiger charge is 2.02. The van der Waals surface area contributed by atoms with E-state index >= 15 is 0 Å². The molecule has 1 rings (SSSR count). The van der Waals surface area contributed by atoms with Crippen LogP contribution in [-0.2, 0) is 6.54 Å². The monoisotopic (exact) mass is 261 g/mol. The lowest BCUT2D eigenvalue weighted by atomic mass is 10.2. The number of halogens is 2. The van der Waals surface area contributed by atoms with Crippen LogP contribution in [0.3, 0.4) is 0 Å². The van der Waals surface area contributed by atoms with Crippen LogP contribution in [-0.4, -0.2) is 17.8 Å². The number of nitrogens with one attached hydrogen (secondary N) is 1. The van der Waals surface area contributed by atoms with Crippen molar-refractivity contribution in [3.8, 4) is 0 Å². The highest BCUT2D eigenvalue weighted by atomic mass is 35.5. The van der Waals surface area contributed by atoms with Gasteiger partial charge in [0, 0.05) is 16.6 Å². The molecule has 0 bridgehead atoms. The molecule has 2 nitrogen and oxygen atoms in total. The van der Waals surface area contributed by atoms with Gasteiger partial charge in [-0.25, -0.2) is 0 Å². The van der Waals surface area contributed by atoms with Gasteiger partial charge in [-0.2, -0.15) is 0 Å². The van der Waals surface area contributed by atoms with E-state index in [-0.39, 0.29) is 6.10 Å². The molecule has 0 heterocycles. The molecule has 0 aliphatic rings. The molecule has 0 aliphatic heterocycles. The molecular weight excluding hydrogens is 245 g/mol. The van der Waals surface area contributed by atoms with Gasteiger partial charge in [0.1, 0.15) is 0 Å². The first-order valence-electron chi connectivity index (χ1n) is 5.46. The quantitative estimate of drug-likeness (QED) is 0.771. The summed E-state index contributed by atoms with van der Waals surface area (Å²) in [7, 11) is 0. The second-order valence-electron chi connectivity index (χ2n) is 3.76. The van der Waals surface area contributed by atoms with Crippen LogP contribution in [0.2, 0.25) is 10.0 Å². The van der Waals surface area contributed by atoms with Crippen molar-refractivity contribution in [2.75, 3.05) is 6.54 Å². The van der Waals surface area contributed by atoms with E-state index in [0.29, 0.717) is 16.6 Å². The molecular formula is C12H17Cl2NO. The zero-order chi connectivity index (χ0) is 12.0. The van der Waals surface area contributed by atoms with Crippen molar-refractivity contribution in [1.82, 2.24) is 5.32 Å². The molecule has 1 unspecified atom stereocenters. The van der Waals surface area contributed by atoms with Crippen LogP contribution in [0.15, 0.2) is 18.2 Å². The topological polar surface area (TPSA) is 32.3 Å². The summed E-state index contributed by atoms with van der Waals surface area (Å²) in [5.41, 5.74) is 0.986. The van der Waals surface area contributed by atoms with Crippen molar-refractivity contribution >= 4 is 23.2 Å². The average Bonchev–Trinajstić information content (AvgIpc) is 2.28. The smallest absolute Gasteiger partial charge is 0.0549 e. The van der Waals surface area contributed by atoms with Gasteiger partial charge in [0.25, 0.3) is 0 Å². The van der Waals surface area contributed by atoms with Gasteiger partial charge in [-0.3, -0.25) is 0 Å². The van der Waals surface area contributed by atoms with Gasteiger partial charge in [-0.1, -0.05) is 30.1 Å². The SMILES string of the molecule is CCC(O)CCNCc1cc(Cl)ccc1Cl. The number of benzene rings is 1. The molecule has 1 atom stereocenters. The van der Waals surface area contributed by atoms with Crippen LogP contribution in [0.1, 0.15) is 25.3 Å². The maximum absolute atomic E-state index is 9.37. The Bertz CT molecular complexity index is 331. The summed E-state index contributed by atoms with van der Waals surface area (Å²) in [6.45, 7) is 3.42. The lowest BCUT2D eigenvalue weighted by molar-refractivity contribution is 0.159. The van der Waals surface area contributed by atoms with E-state index in [9.17, 15) is 5.11 Å². The third-order valence-corrected chi connectivity index (χ3v) is 3.05. The highest BCUT2D eigenvalue weighted by Crippen LogP contribution is 2.20. The summed E-state index contributed by atoms with van der Waals surface area (Å²) in [6.07, 6.45) is 1.33. The maximum Gasteiger partial charge on any atom is 0.0549 e. The summed E-state index contributed by atoms with van der Waals surface area (Å²) in [5.74, 6) is 0. The summed E-state index contributed by atoms with van der Waals surface area (Å²) in [5, 5.41) is 14.0. The van der Waals surface area contributed by atoms with Gasteiger partial charge in [0.15, 0.2) is 0 Å². The molecule has 0 aliphatic carbocycles. The molecule has 0 aromatic heterocycles. The first-order valence-corrected chi connectivity index (χ1v) is 6.21. The zero-order valence-corrected chi connectivity index (χ0v) is 10.9. The fourth-order valence-electron chi connectivity index (χ4n) is 1.37. The molecule has 0 saturated carbocycles. The third-order valence-electron chi connectivity index (χ3n) is 2.45. The number of hydrogen-bond acceptors (Lipinski definition) is 2. The molecule has 2 N–H and O–H groups in total. The predicted molar refractivity (Wildman–Crippen MR) is 69.1 cm³/mol. The normalized spacial score (nSPS) is 12.8. The minimum atomic E-state index is -0.220. The van der Waals surface area contributed by atoms with Crippen LogP contribution in [0.4, 0.5) is 0 Å². The van der Waals surface area contributed by atoms with E-state index in [4.69, 9.17) is 23.2 Å². The van der Waals surface area contributed by atoms with Gasteiger partial charge in [-0.15, -0.1) is 0 Å². The summed E-state index contributed by atoms with van der Waals surface area (Å²) in [6, 6.07) is 5.42. The standard InChI is InChI=1S/C12H17Cl2NO/c1-2-11(16)5-6-15-8-9-7-10(13)3-4-12(9)14/h3-4,7,11,15-16H,2,5-6,8H2,1H3. The molecule has 0 fully saturated rings. The Kier molecular flexibility index (Phi) is 6.14. The molecule has 90 valence electrons. The average molecular weight is 262 g/mol. The van der Waals surface area contributed by atoms with Crippen LogP contribution in [0.25, 0.3) is 0 Å². The minimum Gasteiger partial charge on any atom is -0.393 e. The van der Waals surface area contributed by atoms with Crippen LogP contribution >= 0.6 is 23.2 Å². The Balaban J connectivity index is 2.34. The Hall–Kier alpha value is -0.280. The van der Waals surface area contributed by atoms with Crippen molar-refractivity contribution in [3.05, 3.63) is 33.8 Å². The van der Waals surface area contributed by atoms with E-state index in [1.54, 1.807) is 12.1 Å². The number of rotatable bonds is 6. The summed E-state index contributed by atoms with van der Waals surface area (Å²) >= 11 is 11.9. The van der Waals surface area contributed by atoms with E-state index in [0.717, 1.165) is 24.9 Å². The third kappa shape index (κ3) is 4.71. The van der Waals surface area contributed by atoms with Crippen molar-refractivity contribution < 1.29 is 5.11 Å². The fraction of sp³-hybridized carbons (Fsp3) is 0.500. The minimum absolute atomic E-state index is 0.220. The molecule has 0 radical (unpaired) electrons. The lowest BCUT2D eigenvalue weighted by Crippen LogP contribution is -2.19. The molecule has 1 aromatic rings. The molecule has 0 spiro atoms. The second-order valence-corrected chi connectivity index (χ2v) is 4.61. The van der Waals surface area contributed by atoms with Gasteiger partial charge in [-0.05, 0) is 43.1 Å². The first-order chi connectivity index (χ1) is 7.63. The Morgan fingerprint density at radius 1 is 1.38 bits per heavy atom. The van der Waals surface area contributed by atoms with E-state index in [2.05, 4.69) is 5.32 Å². The fourth-order valence-corrected chi connectivity index (χ4v) is 1.75. The Labute approximate surface area is 107 Å². The first kappa shape index (κ1) is 13.8. The van der Waals surface area contributed by atoms with Crippen LogP contribution in [0.5, 0.6) is 0 Å². The van der Waals surface area contributed by atoms with Gasteiger partial charge in [0.2, 0.25) is 0 Å². The Morgan fingerprint density at radius 3 is 2.81 bits per heavy atom. The summed E-state index contributed by atoms with van der Waals surface area (Å²) in [4.78, 5) is 0. The number of hydrogen-bond donors (Lipinski definition) is 2. The van der Waals surface area contributed by atoms with Gasteiger partial charge in [0.05, 0.1) is 6.10 Å². The van der Waals surface area contributed by atoms with Crippen molar-refractivity contribution in [1.29, 1.82) is 0 Å². The van der Waals surface area contributed by atoms with Gasteiger partial charge >= 0.3 is 0 Å². The summed E-state index contributed by atoms with van der Waals surface area (Å²) < 4.78 is 0. The van der Waals surface area contributed by atoms with E-state index in [1.807, 2.05) is 13.0 Å². The highest BCUT2D eigenvalue weighted by molar-refractivity contribution is 6.33. The van der Waals surface area contributed by atoms with Crippen LogP contribution in [0, 0.1) is 0 Å². The van der Waals surface area contributed by atoms with Gasteiger partial charge < -0.3 is 10.4 Å². The maximum atomic E-state index is 9.37. The van der Waals surface area contributed by atoms with Crippen LogP contribution < -0.4 is 5.32 Å². The number of aliphatic hydroxyl groups excluding tert-OH is 1. The second kappa shape index (κ2) is 7.13. The van der Waals surface area contributed by atoms with E-state index < -0.39 is 0 Å². The predicted octanol–water partition coefficient (Wildman–Crippen LogP) is 3.24. The molecule has 0 saturated heterocycles. The molecule has 16 heavy (non-hydrogen) atoms. The Morgan fingerprint density at radius 2 is 2.12 bits per heavy atom. The van der Waals surface area contributed by atoms with Crippen molar-refractivity contribution in [2.45, 2.75) is 32.4 Å². The van der Waals surface area contributed by atoms with Crippen molar-refractivity contribution in [3.63, 3.8) is 0 Å². The number of aliphatic hydroxyl groups is 1. The largest absolute Gasteiger partial charge is 0.393 e. The lowest BCUT2D eigenvalue weighted by Gasteiger charge is -2.09. The van der Waals surface area contributed by atoms with Crippen molar-refractivity contribution in [2.24, 2.45) is 0 Å². The molecule has 0 amide bonds. The van der Waals surface area contributed by atoms with E-state index in [1.165, 1.54) is 0 Å².